The van der Waals surface area contributed by atoms with E-state index >= 15 is 0 Å². The van der Waals surface area contributed by atoms with Gasteiger partial charge >= 0.3 is 5.97 Å². The number of hydrogen-bond acceptors (Lipinski definition) is 7. The first-order valence-corrected chi connectivity index (χ1v) is 13.6. The second-order valence-corrected chi connectivity index (χ2v) is 10.2. The number of benzene rings is 4. The largest absolute Gasteiger partial charge is 0.497 e. The number of hydrazone groups is 1. The molecule has 4 rings (SSSR count). The summed E-state index contributed by atoms with van der Waals surface area (Å²) in [5.74, 6) is -0.0584. The van der Waals surface area contributed by atoms with Gasteiger partial charge in [0.1, 0.15) is 11.5 Å². The summed E-state index contributed by atoms with van der Waals surface area (Å²) in [6, 6.07) is 23.1. The molecule has 9 nitrogen and oxygen atoms in total. The van der Waals surface area contributed by atoms with Crippen LogP contribution in [0.15, 0.2) is 99.0 Å². The van der Waals surface area contributed by atoms with Crippen LogP contribution in [-0.4, -0.2) is 38.2 Å². The first-order valence-electron chi connectivity index (χ1n) is 12.0. The molecule has 4 aromatic carbocycles. The summed E-state index contributed by atoms with van der Waals surface area (Å²) in [5, 5.41) is 6.81. The molecule has 0 aliphatic carbocycles. The molecule has 0 saturated heterocycles. The number of anilines is 1. The SMILES string of the molecule is COc1ccc(C(=O)Oc2c(Br)cc(Br)cc2C=NNC(=O)c2cccc(NC(=O)c3cccc(OC)c3)c2)cc1. The zero-order chi connectivity index (χ0) is 29.4. The van der Waals surface area contributed by atoms with E-state index in [9.17, 15) is 14.4 Å². The third kappa shape index (κ3) is 7.80. The van der Waals surface area contributed by atoms with E-state index in [1.54, 1.807) is 78.9 Å². The first-order chi connectivity index (χ1) is 19.8. The number of rotatable bonds is 9. The van der Waals surface area contributed by atoms with Gasteiger partial charge < -0.3 is 19.5 Å². The Labute approximate surface area is 252 Å². The van der Waals surface area contributed by atoms with Crippen LogP contribution in [0.5, 0.6) is 17.2 Å². The highest BCUT2D eigenvalue weighted by atomic mass is 79.9. The summed E-state index contributed by atoms with van der Waals surface area (Å²) in [6.07, 6.45) is 1.36. The van der Waals surface area contributed by atoms with Gasteiger partial charge in [-0.2, -0.15) is 5.10 Å². The molecular formula is C30H23Br2N3O6. The van der Waals surface area contributed by atoms with Gasteiger partial charge in [0.2, 0.25) is 0 Å². The Kier molecular flexibility index (Phi) is 9.88. The monoisotopic (exact) mass is 679 g/mol. The van der Waals surface area contributed by atoms with Gasteiger partial charge in [-0.1, -0.05) is 28.1 Å². The zero-order valence-corrected chi connectivity index (χ0v) is 25.0. The maximum Gasteiger partial charge on any atom is 0.343 e. The molecule has 0 bridgehead atoms. The number of nitrogens with one attached hydrogen (secondary N) is 2. The fourth-order valence-corrected chi connectivity index (χ4v) is 4.93. The van der Waals surface area contributed by atoms with Crippen molar-refractivity contribution in [3.8, 4) is 17.2 Å². The molecule has 0 spiro atoms. The van der Waals surface area contributed by atoms with E-state index in [0.29, 0.717) is 42.8 Å². The fourth-order valence-electron chi connectivity index (χ4n) is 3.59. The molecule has 0 saturated carbocycles. The maximum absolute atomic E-state index is 12.8. The molecule has 0 heterocycles. The van der Waals surface area contributed by atoms with Gasteiger partial charge in [0.15, 0.2) is 5.75 Å². The average molecular weight is 681 g/mol. The number of carbonyl (C=O) groups excluding carboxylic acids is 3. The summed E-state index contributed by atoms with van der Waals surface area (Å²) in [5.41, 5.74) is 4.32. The van der Waals surface area contributed by atoms with Crippen molar-refractivity contribution in [2.24, 2.45) is 5.10 Å². The van der Waals surface area contributed by atoms with Crippen molar-refractivity contribution in [1.82, 2.24) is 5.43 Å². The van der Waals surface area contributed by atoms with Crippen LogP contribution in [0.25, 0.3) is 0 Å². The molecule has 0 aliphatic heterocycles. The highest BCUT2D eigenvalue weighted by molar-refractivity contribution is 9.11. The molecule has 2 N–H and O–H groups in total. The van der Waals surface area contributed by atoms with E-state index in [4.69, 9.17) is 14.2 Å². The lowest BCUT2D eigenvalue weighted by molar-refractivity contribution is 0.0732. The lowest BCUT2D eigenvalue weighted by Gasteiger charge is -2.11. The van der Waals surface area contributed by atoms with Crippen LogP contribution >= 0.6 is 31.9 Å². The van der Waals surface area contributed by atoms with Crippen LogP contribution < -0.4 is 25.0 Å². The predicted octanol–water partition coefficient (Wildman–Crippen LogP) is 6.46. The molecule has 0 fully saturated rings. The maximum atomic E-state index is 12.8. The van der Waals surface area contributed by atoms with Crippen molar-refractivity contribution in [2.75, 3.05) is 19.5 Å². The molecule has 208 valence electrons. The summed E-state index contributed by atoms with van der Waals surface area (Å²) in [4.78, 5) is 38.2. The Hall–Kier alpha value is -4.48. The van der Waals surface area contributed by atoms with Crippen LogP contribution in [0, 0.1) is 0 Å². The number of halogens is 2. The fraction of sp³-hybridized carbons (Fsp3) is 0.0667. The second-order valence-electron chi connectivity index (χ2n) is 8.39. The van der Waals surface area contributed by atoms with Crippen LogP contribution in [0.3, 0.4) is 0 Å². The van der Waals surface area contributed by atoms with E-state index in [0.717, 1.165) is 0 Å². The quantitative estimate of drug-likeness (QED) is 0.0907. The Bertz CT molecular complexity index is 1620. The number of methoxy groups -OCH3 is 2. The average Bonchev–Trinajstić information content (AvgIpc) is 2.98. The van der Waals surface area contributed by atoms with Gasteiger partial charge in [-0.25, -0.2) is 10.2 Å². The van der Waals surface area contributed by atoms with Gasteiger partial charge in [0.25, 0.3) is 11.8 Å². The van der Waals surface area contributed by atoms with Crippen molar-refractivity contribution in [3.05, 3.63) is 116 Å². The first kappa shape index (κ1) is 29.5. The van der Waals surface area contributed by atoms with E-state index in [1.807, 2.05) is 0 Å². The van der Waals surface area contributed by atoms with Crippen molar-refractivity contribution in [1.29, 1.82) is 0 Å². The Morgan fingerprint density at radius 3 is 2.15 bits per heavy atom. The number of esters is 1. The summed E-state index contributed by atoms with van der Waals surface area (Å²) >= 11 is 6.82. The molecule has 4 aromatic rings. The molecule has 2 amide bonds. The van der Waals surface area contributed by atoms with Crippen LogP contribution in [-0.2, 0) is 0 Å². The molecule has 0 unspecified atom stereocenters. The molecule has 0 aromatic heterocycles. The van der Waals surface area contributed by atoms with Gasteiger partial charge in [0.05, 0.1) is 30.5 Å². The normalized spacial score (nSPS) is 10.6. The van der Waals surface area contributed by atoms with E-state index in [1.165, 1.54) is 26.5 Å². The minimum absolute atomic E-state index is 0.217. The molecule has 41 heavy (non-hydrogen) atoms. The molecule has 0 atom stereocenters. The lowest BCUT2D eigenvalue weighted by atomic mass is 10.1. The van der Waals surface area contributed by atoms with Gasteiger partial charge in [0, 0.05) is 26.9 Å². The summed E-state index contributed by atoms with van der Waals surface area (Å²) < 4.78 is 17.1. The van der Waals surface area contributed by atoms with E-state index in [-0.39, 0.29) is 17.2 Å². The smallest absolute Gasteiger partial charge is 0.343 e. The third-order valence-corrected chi connectivity index (χ3v) is 6.69. The van der Waals surface area contributed by atoms with Crippen molar-refractivity contribution >= 4 is 61.5 Å². The predicted molar refractivity (Wildman–Crippen MR) is 162 cm³/mol. The Balaban J connectivity index is 1.45. The molecule has 11 heteroatoms. The van der Waals surface area contributed by atoms with Crippen LogP contribution in [0.4, 0.5) is 5.69 Å². The van der Waals surface area contributed by atoms with Gasteiger partial charge in [-0.3, -0.25) is 9.59 Å². The number of nitrogens with zero attached hydrogens (tertiary/aromatic N) is 1. The third-order valence-electron chi connectivity index (χ3n) is 5.64. The number of amides is 2. The Morgan fingerprint density at radius 1 is 0.756 bits per heavy atom. The highest BCUT2D eigenvalue weighted by Gasteiger charge is 2.16. The number of ether oxygens (including phenoxy) is 3. The van der Waals surface area contributed by atoms with Crippen molar-refractivity contribution < 1.29 is 28.6 Å². The van der Waals surface area contributed by atoms with Gasteiger partial charge in [-0.05, 0) is 88.7 Å². The Morgan fingerprint density at radius 2 is 1.44 bits per heavy atom. The molecular weight excluding hydrogens is 658 g/mol. The van der Waals surface area contributed by atoms with Crippen LogP contribution in [0.1, 0.15) is 36.6 Å². The van der Waals surface area contributed by atoms with Crippen molar-refractivity contribution in [3.63, 3.8) is 0 Å². The van der Waals surface area contributed by atoms with Crippen LogP contribution in [0.2, 0.25) is 0 Å². The summed E-state index contributed by atoms with van der Waals surface area (Å²) in [6.45, 7) is 0. The second kappa shape index (κ2) is 13.7. The highest BCUT2D eigenvalue weighted by Crippen LogP contribution is 2.33. The number of hydrogen-bond donors (Lipinski definition) is 2. The zero-order valence-electron chi connectivity index (χ0n) is 21.8. The van der Waals surface area contributed by atoms with E-state index in [2.05, 4.69) is 47.7 Å². The minimum Gasteiger partial charge on any atom is -0.497 e. The summed E-state index contributed by atoms with van der Waals surface area (Å²) in [7, 11) is 3.06. The standard InChI is InChI=1S/C30H23Br2N3O6/c1-39-24-11-9-18(10-12-24)30(38)41-27-21(13-22(31)16-26(27)32)17-33-35-29(37)19-5-3-7-23(14-19)34-28(36)20-6-4-8-25(15-20)40-2/h3-17H,1-2H3,(H,34,36)(H,35,37). The molecule has 0 radical (unpaired) electrons. The van der Waals surface area contributed by atoms with Crippen molar-refractivity contribution in [2.45, 2.75) is 0 Å². The minimum atomic E-state index is -0.581. The number of carbonyl (C=O) groups is 3. The van der Waals surface area contributed by atoms with Gasteiger partial charge in [-0.15, -0.1) is 0 Å². The topological polar surface area (TPSA) is 115 Å². The molecule has 0 aliphatic rings. The lowest BCUT2D eigenvalue weighted by Crippen LogP contribution is -2.18. The van der Waals surface area contributed by atoms with E-state index < -0.39 is 11.9 Å².